The molecule has 5 heterocycles. The van der Waals surface area contributed by atoms with Crippen molar-refractivity contribution in [2.75, 3.05) is 13.7 Å². The number of esters is 1. The number of amides is 1. The van der Waals surface area contributed by atoms with E-state index in [9.17, 15) is 29.4 Å². The van der Waals surface area contributed by atoms with Gasteiger partial charge in [0.2, 0.25) is 5.91 Å². The van der Waals surface area contributed by atoms with Gasteiger partial charge in [-0.2, -0.15) is 0 Å². The van der Waals surface area contributed by atoms with Crippen molar-refractivity contribution in [2.24, 2.45) is 0 Å². The molecular weight excluding hydrogens is 716 g/mol. The average Bonchev–Trinajstić information content (AvgIpc) is 3.81. The van der Waals surface area contributed by atoms with Crippen LogP contribution < -0.4 is 10.6 Å². The Morgan fingerprint density at radius 3 is 2.14 bits per heavy atom. The molecule has 8 bridgehead atoms. The minimum atomic E-state index is -1.48. The maximum atomic E-state index is 13.1. The number of aromatic nitrogens is 4. The van der Waals surface area contributed by atoms with Gasteiger partial charge < -0.3 is 35.3 Å². The van der Waals surface area contributed by atoms with E-state index in [0.29, 0.717) is 24.2 Å². The minimum absolute atomic E-state index is 0.0279. The number of carbonyl (C=O) groups excluding carboxylic acids is 2. The zero-order chi connectivity index (χ0) is 40.8. The fraction of sp³-hybridized carbons (Fsp3) is 0.381. The number of carbonyl (C=O) groups is 4. The van der Waals surface area contributed by atoms with E-state index < -0.39 is 30.6 Å². The molecule has 1 amide bonds. The van der Waals surface area contributed by atoms with Crippen molar-refractivity contribution >= 4 is 69.2 Å². The number of carboxylic acid groups (broad SMARTS) is 2. The molecule has 14 heteroatoms. The second-order valence-corrected chi connectivity index (χ2v) is 14.2. The van der Waals surface area contributed by atoms with Gasteiger partial charge in [0.25, 0.3) is 0 Å². The molecule has 296 valence electrons. The van der Waals surface area contributed by atoms with Gasteiger partial charge in [-0.1, -0.05) is 32.2 Å². The lowest BCUT2D eigenvalue weighted by atomic mass is 9.87. The third kappa shape index (κ3) is 9.15. The molecular formula is C42H50N6O8. The summed E-state index contributed by atoms with van der Waals surface area (Å²) in [4.78, 5) is 65.1. The molecule has 3 unspecified atom stereocenters. The number of nitrogens with zero attached hydrogens (tertiary/aromatic N) is 2. The van der Waals surface area contributed by atoms with Gasteiger partial charge in [0.15, 0.2) is 0 Å². The first-order valence-electron chi connectivity index (χ1n) is 18.6. The molecule has 0 aromatic carbocycles. The Morgan fingerprint density at radius 2 is 1.54 bits per heavy atom. The Bertz CT molecular complexity index is 2270. The number of fused-ring (bicyclic) bond motifs is 8. The number of aliphatic hydroxyl groups excluding tert-OH is 1. The number of carboxylic acids is 2. The van der Waals surface area contributed by atoms with Gasteiger partial charge in [0.05, 0.1) is 24.9 Å². The van der Waals surface area contributed by atoms with Crippen LogP contribution in [0.3, 0.4) is 0 Å². The van der Waals surface area contributed by atoms with Gasteiger partial charge in [0, 0.05) is 82.2 Å². The number of hydrogen-bond acceptors (Lipinski definition) is 9. The van der Waals surface area contributed by atoms with E-state index in [1.165, 1.54) is 7.11 Å². The lowest BCUT2D eigenvalue weighted by molar-refractivity contribution is -0.147. The number of rotatable bonds is 16. The van der Waals surface area contributed by atoms with Gasteiger partial charge in [-0.25, -0.2) is 4.98 Å². The summed E-state index contributed by atoms with van der Waals surface area (Å²) in [5, 5.41) is 33.6. The number of aliphatic hydroxyl groups is 1. The van der Waals surface area contributed by atoms with Crippen LogP contribution in [-0.2, 0) is 23.9 Å². The molecule has 56 heavy (non-hydrogen) atoms. The van der Waals surface area contributed by atoms with E-state index >= 15 is 0 Å². The summed E-state index contributed by atoms with van der Waals surface area (Å²) in [5.74, 6) is -3.49. The Kier molecular flexibility index (Phi) is 13.1. The molecule has 0 radical (unpaired) electrons. The van der Waals surface area contributed by atoms with Crippen LogP contribution >= 0.6 is 0 Å². The number of hydrogen-bond donors (Lipinski definition) is 7. The molecule has 7 N–H and O–H groups in total. The normalized spacial score (nSPS) is 16.2. The SMILES string of the molecule is C=Cc1c(C)c2cc3[nH]c(cc4nc(cc5nc(cc1[nH]2)C(C)=C5CCC(=O)NCCC(O)N[C@@H](CC(=O)O)C(=O)O)C(CCC(=O)OC)C4C)c(C)c3C=C. The number of aryl methyl sites for hydroxylation is 2. The van der Waals surface area contributed by atoms with Gasteiger partial charge in [-0.3, -0.25) is 29.5 Å². The quantitative estimate of drug-likeness (QED) is 0.0651. The van der Waals surface area contributed by atoms with E-state index in [1.54, 1.807) is 0 Å². The topological polar surface area (TPSA) is 220 Å². The predicted molar refractivity (Wildman–Crippen MR) is 215 cm³/mol. The van der Waals surface area contributed by atoms with Crippen molar-refractivity contribution in [3.63, 3.8) is 0 Å². The van der Waals surface area contributed by atoms with Crippen molar-refractivity contribution in [3.05, 3.63) is 82.5 Å². The summed E-state index contributed by atoms with van der Waals surface area (Å²) < 4.78 is 4.97. The Balaban J connectivity index is 1.55. The number of methoxy groups -OCH3 is 1. The summed E-state index contributed by atoms with van der Waals surface area (Å²) in [6.07, 6.45) is 2.70. The highest BCUT2D eigenvalue weighted by molar-refractivity contribution is 5.94. The zero-order valence-electron chi connectivity index (χ0n) is 32.4. The Morgan fingerprint density at radius 1 is 0.893 bits per heavy atom. The number of nitrogens with one attached hydrogen (secondary N) is 4. The van der Waals surface area contributed by atoms with Crippen molar-refractivity contribution in [1.82, 2.24) is 30.6 Å². The standard InChI is InChI=1S/C42H50N6O8/c1-8-25-21(3)29-16-30-24(6)28(11-13-41(53)56-7)36(46-30)19-35-27(10-12-38(49)43-15-14-39(50)48-37(42(54)55)20-40(51)52)23(5)32(47-35)18-34-26(9-2)22(4)31(45-34)17-33(25)44-29/h8-9,16-19,24,28,37,39,44-45,48,50H,1-2,10-15,20H2,3-7H3,(H,43,49)(H,51,52)(H,54,55)/t24?,28?,37-,39?/m0/s1. The fourth-order valence-corrected chi connectivity index (χ4v) is 7.38. The summed E-state index contributed by atoms with van der Waals surface area (Å²) in [7, 11) is 1.37. The third-order valence-corrected chi connectivity index (χ3v) is 10.7. The monoisotopic (exact) mass is 766 g/mol. The third-order valence-electron chi connectivity index (χ3n) is 10.7. The van der Waals surface area contributed by atoms with Crippen LogP contribution in [0.15, 0.2) is 37.4 Å². The fourth-order valence-electron chi connectivity index (χ4n) is 7.38. The molecule has 0 spiro atoms. The Hall–Kier alpha value is -5.86. The van der Waals surface area contributed by atoms with Gasteiger partial charge >= 0.3 is 17.9 Å². The highest BCUT2D eigenvalue weighted by Gasteiger charge is 2.31. The first kappa shape index (κ1) is 41.3. The number of allylic oxidation sites excluding steroid dienone is 2. The molecule has 2 aliphatic heterocycles. The predicted octanol–water partition coefficient (Wildman–Crippen LogP) is 6.11. The first-order valence-corrected chi connectivity index (χ1v) is 18.6. The summed E-state index contributed by atoms with van der Waals surface area (Å²) >= 11 is 0. The van der Waals surface area contributed by atoms with Gasteiger partial charge in [-0.05, 0) is 80.2 Å². The smallest absolute Gasteiger partial charge is 0.321 e. The van der Waals surface area contributed by atoms with Crippen LogP contribution in [0.1, 0.15) is 109 Å². The summed E-state index contributed by atoms with van der Waals surface area (Å²) in [6, 6.07) is 6.57. The molecule has 2 aliphatic rings. The highest BCUT2D eigenvalue weighted by Crippen LogP contribution is 2.42. The van der Waals surface area contributed by atoms with E-state index in [0.717, 1.165) is 66.9 Å². The van der Waals surface area contributed by atoms with E-state index in [4.69, 9.17) is 19.8 Å². The lowest BCUT2D eigenvalue weighted by Crippen LogP contribution is -2.45. The largest absolute Gasteiger partial charge is 0.481 e. The van der Waals surface area contributed by atoms with E-state index in [1.807, 2.05) is 45.1 Å². The molecule has 0 fully saturated rings. The van der Waals surface area contributed by atoms with Crippen molar-refractivity contribution in [1.29, 1.82) is 0 Å². The van der Waals surface area contributed by atoms with Crippen LogP contribution in [0.2, 0.25) is 0 Å². The molecule has 0 saturated heterocycles. The maximum absolute atomic E-state index is 13.1. The molecule has 3 aromatic heterocycles. The van der Waals surface area contributed by atoms with Crippen LogP contribution in [-0.4, -0.2) is 85.0 Å². The second kappa shape index (κ2) is 17.7. The summed E-state index contributed by atoms with van der Waals surface area (Å²) in [6.45, 7) is 16.3. The number of ether oxygens (including phenoxy) is 1. The molecule has 4 atom stereocenters. The van der Waals surface area contributed by atoms with Crippen LogP contribution in [0.5, 0.6) is 0 Å². The average molecular weight is 767 g/mol. The molecule has 14 nitrogen and oxygen atoms in total. The molecule has 3 aromatic rings. The number of aliphatic carboxylic acids is 2. The van der Waals surface area contributed by atoms with Crippen LogP contribution in [0, 0.1) is 13.8 Å². The molecule has 0 aliphatic carbocycles. The van der Waals surface area contributed by atoms with Crippen LogP contribution in [0.4, 0.5) is 0 Å². The van der Waals surface area contributed by atoms with Crippen molar-refractivity contribution in [2.45, 2.75) is 90.3 Å². The van der Waals surface area contributed by atoms with E-state index in [2.05, 4.69) is 52.8 Å². The van der Waals surface area contributed by atoms with Gasteiger partial charge in [-0.15, -0.1) is 0 Å². The summed E-state index contributed by atoms with van der Waals surface area (Å²) in [5.41, 5.74) is 12.2. The first-order chi connectivity index (χ1) is 26.6. The number of aromatic amines is 2. The second-order valence-electron chi connectivity index (χ2n) is 14.2. The zero-order valence-corrected chi connectivity index (χ0v) is 32.4. The van der Waals surface area contributed by atoms with E-state index in [-0.39, 0.29) is 49.5 Å². The Labute approximate surface area is 324 Å². The van der Waals surface area contributed by atoms with Crippen molar-refractivity contribution in [3.8, 4) is 0 Å². The highest BCUT2D eigenvalue weighted by atomic mass is 16.5. The van der Waals surface area contributed by atoms with Crippen LogP contribution in [0.25, 0.3) is 45.4 Å². The molecule has 0 saturated carbocycles. The lowest BCUT2D eigenvalue weighted by Gasteiger charge is -2.18. The number of H-pyrrole nitrogens is 2. The van der Waals surface area contributed by atoms with Gasteiger partial charge in [0.1, 0.15) is 12.3 Å². The minimum Gasteiger partial charge on any atom is -0.481 e. The molecule has 5 rings (SSSR count). The maximum Gasteiger partial charge on any atom is 0.321 e. The van der Waals surface area contributed by atoms with Crippen molar-refractivity contribution < 1.29 is 39.2 Å².